The molecule has 2 atom stereocenters. The molecule has 1 saturated heterocycles. The largest absolute Gasteiger partial charge is 0.393 e. The van der Waals surface area contributed by atoms with Gasteiger partial charge in [0.15, 0.2) is 0 Å². The average molecular weight is 232 g/mol. The molecule has 0 bridgehead atoms. The lowest BCUT2D eigenvalue weighted by atomic mass is 10.0. The molecule has 0 aromatic carbocycles. The van der Waals surface area contributed by atoms with Gasteiger partial charge < -0.3 is 5.11 Å². The summed E-state index contributed by atoms with van der Waals surface area (Å²) in [5, 5.41) is 10.2. The molecule has 0 spiro atoms. The van der Waals surface area contributed by atoms with Crippen molar-refractivity contribution in [3.8, 4) is 0 Å². The molecule has 1 aliphatic heterocycles. The van der Waals surface area contributed by atoms with E-state index in [9.17, 15) is 5.11 Å². The first-order chi connectivity index (χ1) is 7.09. The summed E-state index contributed by atoms with van der Waals surface area (Å²) in [6.45, 7) is 7.46. The fraction of sp³-hybridized carbons (Fsp3) is 0.833. The van der Waals surface area contributed by atoms with Crippen LogP contribution >= 0.6 is 11.6 Å². The summed E-state index contributed by atoms with van der Waals surface area (Å²) in [4.78, 5) is 2.37. The molecule has 1 heterocycles. The van der Waals surface area contributed by atoms with E-state index in [1.54, 1.807) is 0 Å². The van der Waals surface area contributed by atoms with Crippen LogP contribution < -0.4 is 0 Å². The molecule has 1 N–H and O–H groups in total. The van der Waals surface area contributed by atoms with Crippen molar-refractivity contribution in [3.05, 3.63) is 11.6 Å². The third-order valence-electron chi connectivity index (χ3n) is 2.99. The Morgan fingerprint density at radius 3 is 2.87 bits per heavy atom. The molecule has 2 unspecified atom stereocenters. The molecule has 88 valence electrons. The summed E-state index contributed by atoms with van der Waals surface area (Å²) in [6.07, 6.45) is 5.60. The van der Waals surface area contributed by atoms with Crippen molar-refractivity contribution in [2.24, 2.45) is 0 Å². The van der Waals surface area contributed by atoms with Crippen molar-refractivity contribution >= 4 is 11.6 Å². The highest BCUT2D eigenvalue weighted by molar-refractivity contribution is 6.29. The molecule has 0 saturated carbocycles. The summed E-state index contributed by atoms with van der Waals surface area (Å²) < 4.78 is 0. The SMILES string of the molecule is C=C(Cl)CN1CCCCCC1CC(C)O. The summed E-state index contributed by atoms with van der Waals surface area (Å²) >= 11 is 5.87. The zero-order valence-electron chi connectivity index (χ0n) is 9.58. The van der Waals surface area contributed by atoms with Crippen LogP contribution in [0.2, 0.25) is 0 Å². The molecule has 0 radical (unpaired) electrons. The fourth-order valence-electron chi connectivity index (χ4n) is 2.33. The zero-order valence-corrected chi connectivity index (χ0v) is 10.3. The maximum atomic E-state index is 9.47. The molecule has 0 aromatic rings. The van der Waals surface area contributed by atoms with Gasteiger partial charge in [0.25, 0.3) is 0 Å². The molecular formula is C12H22ClNO. The van der Waals surface area contributed by atoms with Gasteiger partial charge in [-0.15, -0.1) is 0 Å². The summed E-state index contributed by atoms with van der Waals surface area (Å²) in [6, 6.07) is 0.475. The van der Waals surface area contributed by atoms with E-state index in [2.05, 4.69) is 11.5 Å². The van der Waals surface area contributed by atoms with Crippen molar-refractivity contribution in [3.63, 3.8) is 0 Å². The van der Waals surface area contributed by atoms with E-state index in [0.717, 1.165) is 19.5 Å². The predicted molar refractivity (Wildman–Crippen MR) is 65.1 cm³/mol. The van der Waals surface area contributed by atoms with Crippen LogP contribution in [0.4, 0.5) is 0 Å². The lowest BCUT2D eigenvalue weighted by Crippen LogP contribution is -2.37. The van der Waals surface area contributed by atoms with E-state index in [1.165, 1.54) is 25.7 Å². The molecule has 1 aliphatic rings. The van der Waals surface area contributed by atoms with Gasteiger partial charge in [0, 0.05) is 17.6 Å². The van der Waals surface area contributed by atoms with Crippen LogP contribution in [0.5, 0.6) is 0 Å². The monoisotopic (exact) mass is 231 g/mol. The van der Waals surface area contributed by atoms with Gasteiger partial charge in [-0.05, 0) is 32.7 Å². The Bertz CT molecular complexity index is 206. The molecular weight excluding hydrogens is 210 g/mol. The third kappa shape index (κ3) is 5.01. The Hall–Kier alpha value is -0.0500. The number of hydrogen-bond donors (Lipinski definition) is 1. The fourth-order valence-corrected chi connectivity index (χ4v) is 2.48. The number of halogens is 1. The van der Waals surface area contributed by atoms with Gasteiger partial charge in [-0.2, -0.15) is 0 Å². The highest BCUT2D eigenvalue weighted by Gasteiger charge is 2.22. The van der Waals surface area contributed by atoms with Crippen molar-refractivity contribution in [2.45, 2.75) is 51.2 Å². The van der Waals surface area contributed by atoms with Gasteiger partial charge in [-0.1, -0.05) is 31.0 Å². The summed E-state index contributed by atoms with van der Waals surface area (Å²) in [5.41, 5.74) is 0. The topological polar surface area (TPSA) is 23.5 Å². The molecule has 0 amide bonds. The number of likely N-dealkylation sites (tertiary alicyclic amines) is 1. The summed E-state index contributed by atoms with van der Waals surface area (Å²) in [7, 11) is 0. The minimum absolute atomic E-state index is 0.223. The number of aliphatic hydroxyl groups is 1. The van der Waals surface area contributed by atoms with Crippen molar-refractivity contribution in [2.75, 3.05) is 13.1 Å². The average Bonchev–Trinajstić information content (AvgIpc) is 2.30. The van der Waals surface area contributed by atoms with Gasteiger partial charge in [-0.25, -0.2) is 0 Å². The molecule has 2 nitrogen and oxygen atoms in total. The van der Waals surface area contributed by atoms with Crippen molar-refractivity contribution in [1.29, 1.82) is 0 Å². The smallest absolute Gasteiger partial charge is 0.0527 e. The van der Waals surface area contributed by atoms with Crippen LogP contribution in [-0.2, 0) is 0 Å². The highest BCUT2D eigenvalue weighted by Crippen LogP contribution is 2.21. The van der Waals surface area contributed by atoms with Gasteiger partial charge in [0.1, 0.15) is 0 Å². The second-order valence-electron chi connectivity index (χ2n) is 4.58. The quantitative estimate of drug-likeness (QED) is 0.805. The van der Waals surface area contributed by atoms with E-state index in [4.69, 9.17) is 11.6 Å². The van der Waals surface area contributed by atoms with E-state index >= 15 is 0 Å². The van der Waals surface area contributed by atoms with Crippen LogP contribution in [-0.4, -0.2) is 35.2 Å². The molecule has 3 heteroatoms. The third-order valence-corrected chi connectivity index (χ3v) is 3.11. The number of nitrogens with zero attached hydrogens (tertiary/aromatic N) is 1. The first kappa shape index (κ1) is 13.0. The Balaban J connectivity index is 2.54. The molecule has 1 rings (SSSR count). The second-order valence-corrected chi connectivity index (χ2v) is 5.11. The predicted octanol–water partition coefficient (Wildman–Crippen LogP) is 2.75. The maximum absolute atomic E-state index is 9.47. The van der Waals surface area contributed by atoms with Crippen LogP contribution in [0.15, 0.2) is 11.6 Å². The van der Waals surface area contributed by atoms with E-state index in [0.29, 0.717) is 11.1 Å². The normalized spacial score (nSPS) is 25.9. The van der Waals surface area contributed by atoms with E-state index in [-0.39, 0.29) is 6.10 Å². The Morgan fingerprint density at radius 1 is 1.53 bits per heavy atom. The van der Waals surface area contributed by atoms with E-state index in [1.807, 2.05) is 6.92 Å². The van der Waals surface area contributed by atoms with Gasteiger partial charge in [0.2, 0.25) is 0 Å². The van der Waals surface area contributed by atoms with Crippen LogP contribution in [0.25, 0.3) is 0 Å². The van der Waals surface area contributed by atoms with Crippen molar-refractivity contribution in [1.82, 2.24) is 4.90 Å². The lowest BCUT2D eigenvalue weighted by Gasteiger charge is -2.30. The van der Waals surface area contributed by atoms with Gasteiger partial charge in [-0.3, -0.25) is 4.90 Å². The minimum Gasteiger partial charge on any atom is -0.393 e. The Kier molecular flexibility index (Phi) is 5.65. The van der Waals surface area contributed by atoms with Crippen molar-refractivity contribution < 1.29 is 5.11 Å². The Labute approximate surface area is 97.9 Å². The molecule has 0 aliphatic carbocycles. The van der Waals surface area contributed by atoms with E-state index < -0.39 is 0 Å². The minimum atomic E-state index is -0.223. The second kappa shape index (κ2) is 6.51. The zero-order chi connectivity index (χ0) is 11.3. The standard InChI is InChI=1S/C12H22ClNO/c1-10(13)9-14-7-5-3-4-6-12(14)8-11(2)15/h11-12,15H,1,3-9H2,2H3. The van der Waals surface area contributed by atoms with Gasteiger partial charge >= 0.3 is 0 Å². The maximum Gasteiger partial charge on any atom is 0.0527 e. The summed E-state index contributed by atoms with van der Waals surface area (Å²) in [5.74, 6) is 0. The molecule has 1 fully saturated rings. The lowest BCUT2D eigenvalue weighted by molar-refractivity contribution is 0.119. The van der Waals surface area contributed by atoms with Crippen LogP contribution in [0.3, 0.4) is 0 Å². The highest BCUT2D eigenvalue weighted by atomic mass is 35.5. The number of rotatable bonds is 4. The first-order valence-corrected chi connectivity index (χ1v) is 6.23. The first-order valence-electron chi connectivity index (χ1n) is 5.85. The number of aliphatic hydroxyl groups excluding tert-OH is 1. The van der Waals surface area contributed by atoms with Crippen LogP contribution in [0, 0.1) is 0 Å². The van der Waals surface area contributed by atoms with Gasteiger partial charge in [0.05, 0.1) is 6.10 Å². The molecule has 15 heavy (non-hydrogen) atoms. The Morgan fingerprint density at radius 2 is 2.27 bits per heavy atom. The van der Waals surface area contributed by atoms with Crippen LogP contribution in [0.1, 0.15) is 39.0 Å². The molecule has 0 aromatic heterocycles. The number of hydrogen-bond acceptors (Lipinski definition) is 2.